The predicted octanol–water partition coefficient (Wildman–Crippen LogP) is 2.74. The Labute approximate surface area is 90.3 Å². The van der Waals surface area contributed by atoms with Crippen LogP contribution in [0, 0.1) is 5.92 Å². The number of benzene rings is 1. The lowest BCUT2D eigenvalue weighted by Gasteiger charge is -2.17. The third-order valence-electron chi connectivity index (χ3n) is 3.25. The van der Waals surface area contributed by atoms with Crippen LogP contribution in [0.15, 0.2) is 30.3 Å². The average Bonchev–Trinajstić information content (AvgIpc) is 2.78. The fourth-order valence-corrected chi connectivity index (χ4v) is 2.49. The first-order valence-electron chi connectivity index (χ1n) is 5.45. The molecule has 1 aromatic rings. The van der Waals surface area contributed by atoms with Crippen LogP contribution in [0.1, 0.15) is 30.7 Å². The van der Waals surface area contributed by atoms with Gasteiger partial charge in [-0.25, -0.2) is 0 Å². The highest BCUT2D eigenvalue weighted by Crippen LogP contribution is 2.39. The molecule has 0 aliphatic heterocycles. The summed E-state index contributed by atoms with van der Waals surface area (Å²) in [7, 11) is 1.47. The van der Waals surface area contributed by atoms with Gasteiger partial charge in [0.25, 0.3) is 0 Å². The Morgan fingerprint density at radius 3 is 2.67 bits per heavy atom. The summed E-state index contributed by atoms with van der Waals surface area (Å²) in [4.78, 5) is 11.6. The maximum absolute atomic E-state index is 11.6. The smallest absolute Gasteiger partial charge is 0.309 e. The highest BCUT2D eigenvalue weighted by Gasteiger charge is 2.34. The van der Waals surface area contributed by atoms with Gasteiger partial charge in [0.05, 0.1) is 13.0 Å². The topological polar surface area (TPSA) is 26.3 Å². The van der Waals surface area contributed by atoms with E-state index in [2.05, 4.69) is 12.1 Å². The molecule has 1 fully saturated rings. The molecule has 0 heterocycles. The highest BCUT2D eigenvalue weighted by molar-refractivity contribution is 5.74. The molecule has 0 aromatic heterocycles. The van der Waals surface area contributed by atoms with Crippen molar-refractivity contribution in [1.82, 2.24) is 0 Å². The summed E-state index contributed by atoms with van der Waals surface area (Å²) in [5.41, 5.74) is 1.27. The van der Waals surface area contributed by atoms with Gasteiger partial charge in [0.1, 0.15) is 0 Å². The van der Waals surface area contributed by atoms with Gasteiger partial charge in [-0.15, -0.1) is 0 Å². The molecule has 80 valence electrons. The minimum atomic E-state index is -0.0543. The van der Waals surface area contributed by atoms with Gasteiger partial charge in [-0.05, 0) is 24.3 Å². The van der Waals surface area contributed by atoms with E-state index >= 15 is 0 Å². The summed E-state index contributed by atoms with van der Waals surface area (Å²) in [6.45, 7) is 0. The van der Waals surface area contributed by atoms with Gasteiger partial charge in [-0.1, -0.05) is 36.8 Å². The molecule has 15 heavy (non-hydrogen) atoms. The molecule has 0 N–H and O–H groups in total. The average molecular weight is 204 g/mol. The van der Waals surface area contributed by atoms with Crippen molar-refractivity contribution in [3.05, 3.63) is 35.9 Å². The van der Waals surface area contributed by atoms with Gasteiger partial charge < -0.3 is 4.74 Å². The molecule has 2 atom stereocenters. The SMILES string of the molecule is COC(=O)[C@@H]1CCC[C@@H]1c1ccccc1. The Bertz CT molecular complexity index is 332. The van der Waals surface area contributed by atoms with E-state index in [-0.39, 0.29) is 11.9 Å². The van der Waals surface area contributed by atoms with Crippen molar-refractivity contribution in [1.29, 1.82) is 0 Å². The van der Waals surface area contributed by atoms with E-state index in [0.29, 0.717) is 5.92 Å². The van der Waals surface area contributed by atoms with E-state index < -0.39 is 0 Å². The summed E-state index contributed by atoms with van der Waals surface area (Å²) in [5.74, 6) is 0.373. The Hall–Kier alpha value is -1.31. The standard InChI is InChI=1S/C13H16O2/c1-15-13(14)12-9-5-8-11(12)10-6-3-2-4-7-10/h2-4,6-7,11-12H,5,8-9H2,1H3/t11-,12-/m1/s1. The molecule has 1 aliphatic rings. The van der Waals surface area contributed by atoms with Crippen LogP contribution in [0.2, 0.25) is 0 Å². The third-order valence-corrected chi connectivity index (χ3v) is 3.25. The quantitative estimate of drug-likeness (QED) is 0.692. The Morgan fingerprint density at radius 2 is 2.00 bits per heavy atom. The number of carbonyl (C=O) groups excluding carboxylic acids is 1. The van der Waals surface area contributed by atoms with Crippen molar-refractivity contribution in [3.8, 4) is 0 Å². The van der Waals surface area contributed by atoms with E-state index in [1.54, 1.807) is 0 Å². The fraction of sp³-hybridized carbons (Fsp3) is 0.462. The van der Waals surface area contributed by atoms with E-state index in [4.69, 9.17) is 4.74 Å². The minimum Gasteiger partial charge on any atom is -0.469 e. The molecule has 0 bridgehead atoms. The van der Waals surface area contributed by atoms with Crippen molar-refractivity contribution in [2.75, 3.05) is 7.11 Å². The van der Waals surface area contributed by atoms with Crippen molar-refractivity contribution in [2.24, 2.45) is 5.92 Å². The lowest BCUT2D eigenvalue weighted by atomic mass is 9.89. The Balaban J connectivity index is 2.18. The second kappa shape index (κ2) is 4.47. The maximum atomic E-state index is 11.6. The lowest BCUT2D eigenvalue weighted by Crippen LogP contribution is -2.18. The normalized spacial score (nSPS) is 25.1. The molecule has 0 unspecified atom stereocenters. The van der Waals surface area contributed by atoms with Gasteiger partial charge in [-0.3, -0.25) is 4.79 Å². The van der Waals surface area contributed by atoms with E-state index in [0.717, 1.165) is 19.3 Å². The number of rotatable bonds is 2. The summed E-state index contributed by atoms with van der Waals surface area (Å²) >= 11 is 0. The first-order valence-corrected chi connectivity index (χ1v) is 5.45. The molecule has 0 saturated heterocycles. The van der Waals surface area contributed by atoms with Crippen LogP contribution in [0.5, 0.6) is 0 Å². The lowest BCUT2D eigenvalue weighted by molar-refractivity contribution is -0.145. The number of carbonyl (C=O) groups is 1. The molecule has 0 spiro atoms. The first kappa shape index (κ1) is 10.2. The van der Waals surface area contributed by atoms with Crippen LogP contribution >= 0.6 is 0 Å². The summed E-state index contributed by atoms with van der Waals surface area (Å²) in [5, 5.41) is 0. The van der Waals surface area contributed by atoms with Crippen molar-refractivity contribution >= 4 is 5.97 Å². The zero-order valence-corrected chi connectivity index (χ0v) is 8.98. The second-order valence-electron chi connectivity index (χ2n) is 4.08. The van der Waals surface area contributed by atoms with Crippen LogP contribution in [0.3, 0.4) is 0 Å². The van der Waals surface area contributed by atoms with Crippen LogP contribution in [0.25, 0.3) is 0 Å². The molecule has 1 aromatic carbocycles. The number of hydrogen-bond acceptors (Lipinski definition) is 2. The predicted molar refractivity (Wildman–Crippen MR) is 58.5 cm³/mol. The van der Waals surface area contributed by atoms with Crippen molar-refractivity contribution in [3.63, 3.8) is 0 Å². The highest BCUT2D eigenvalue weighted by atomic mass is 16.5. The van der Waals surface area contributed by atoms with Gasteiger partial charge in [-0.2, -0.15) is 0 Å². The monoisotopic (exact) mass is 204 g/mol. The molecule has 0 radical (unpaired) electrons. The van der Waals surface area contributed by atoms with Crippen LogP contribution < -0.4 is 0 Å². The maximum Gasteiger partial charge on any atom is 0.309 e. The minimum absolute atomic E-state index is 0.0543. The Kier molecular flexibility index (Phi) is 3.05. The van der Waals surface area contributed by atoms with Crippen LogP contribution in [-0.2, 0) is 9.53 Å². The van der Waals surface area contributed by atoms with Gasteiger partial charge >= 0.3 is 5.97 Å². The molecule has 1 aliphatic carbocycles. The van der Waals surface area contributed by atoms with Crippen molar-refractivity contribution < 1.29 is 9.53 Å². The molecule has 2 heteroatoms. The number of methoxy groups -OCH3 is 1. The summed E-state index contributed by atoms with van der Waals surface area (Å²) < 4.78 is 4.85. The fourth-order valence-electron chi connectivity index (χ4n) is 2.49. The molecule has 0 amide bonds. The van der Waals surface area contributed by atoms with Crippen LogP contribution in [0.4, 0.5) is 0 Å². The molecule has 2 nitrogen and oxygen atoms in total. The zero-order chi connectivity index (χ0) is 10.7. The van der Waals surface area contributed by atoms with Crippen molar-refractivity contribution in [2.45, 2.75) is 25.2 Å². The largest absolute Gasteiger partial charge is 0.469 e. The first-order chi connectivity index (χ1) is 7.33. The number of hydrogen-bond donors (Lipinski definition) is 0. The van der Waals surface area contributed by atoms with Gasteiger partial charge in [0, 0.05) is 0 Å². The molecule has 1 saturated carbocycles. The van der Waals surface area contributed by atoms with Crippen LogP contribution in [-0.4, -0.2) is 13.1 Å². The third kappa shape index (κ3) is 2.04. The summed E-state index contributed by atoms with van der Waals surface area (Å²) in [6, 6.07) is 10.3. The molecule has 2 rings (SSSR count). The zero-order valence-electron chi connectivity index (χ0n) is 8.98. The summed E-state index contributed by atoms with van der Waals surface area (Å²) in [6.07, 6.45) is 3.19. The second-order valence-corrected chi connectivity index (χ2v) is 4.08. The van der Waals surface area contributed by atoms with E-state index in [9.17, 15) is 4.79 Å². The van der Waals surface area contributed by atoms with Gasteiger partial charge in [0.2, 0.25) is 0 Å². The molecular weight excluding hydrogens is 188 g/mol. The number of ether oxygens (including phenoxy) is 1. The van der Waals surface area contributed by atoms with E-state index in [1.165, 1.54) is 12.7 Å². The Morgan fingerprint density at radius 1 is 1.27 bits per heavy atom. The van der Waals surface area contributed by atoms with Gasteiger partial charge in [0.15, 0.2) is 0 Å². The molecular formula is C13H16O2. The van der Waals surface area contributed by atoms with E-state index in [1.807, 2.05) is 18.2 Å². The number of esters is 1.